The molecule has 1 N–H and O–H groups in total. The van der Waals surface area contributed by atoms with E-state index < -0.39 is 0 Å². The maximum Gasteiger partial charge on any atom is 0.268 e. The maximum absolute atomic E-state index is 12.8. The third kappa shape index (κ3) is 4.32. The fraction of sp³-hybridized carbons (Fsp3) is 0.217. The number of thiophene rings is 1. The molecule has 0 bridgehead atoms. The average Bonchev–Trinajstić information content (AvgIpc) is 3.39. The van der Waals surface area contributed by atoms with Crippen molar-refractivity contribution in [2.45, 2.75) is 19.8 Å². The van der Waals surface area contributed by atoms with E-state index in [0.29, 0.717) is 18.8 Å². The Morgan fingerprint density at radius 1 is 1.14 bits per heavy atom. The van der Waals surface area contributed by atoms with Crippen LogP contribution in [0.1, 0.15) is 27.7 Å². The highest BCUT2D eigenvalue weighted by molar-refractivity contribution is 7.12. The second-order valence-corrected chi connectivity index (χ2v) is 7.78. The molecule has 1 aliphatic rings. The molecule has 0 radical (unpaired) electrons. The van der Waals surface area contributed by atoms with Crippen molar-refractivity contribution in [1.82, 2.24) is 0 Å². The molecule has 5 nitrogen and oxygen atoms in total. The van der Waals surface area contributed by atoms with Gasteiger partial charge in [-0.1, -0.05) is 24.3 Å². The van der Waals surface area contributed by atoms with Crippen LogP contribution < -0.4 is 15.0 Å². The standard InChI is InChI=1S/C23H22N2O3S/c1-2-28-19-9-5-16(6-10-19)14-22(26)24-18-8-7-17-11-12-25(20(17)15-18)23(27)21-4-3-13-29-21/h3-10,13,15H,2,11-12,14H2,1H3,(H,24,26). The number of amides is 2. The van der Waals surface area contributed by atoms with Gasteiger partial charge in [0.25, 0.3) is 5.91 Å². The lowest BCUT2D eigenvalue weighted by Crippen LogP contribution is -2.28. The van der Waals surface area contributed by atoms with E-state index >= 15 is 0 Å². The van der Waals surface area contributed by atoms with Crippen molar-refractivity contribution in [2.75, 3.05) is 23.4 Å². The normalized spacial score (nSPS) is 12.5. The minimum absolute atomic E-state index is 0.0108. The zero-order chi connectivity index (χ0) is 20.2. The predicted molar refractivity (Wildman–Crippen MR) is 116 cm³/mol. The number of nitrogens with zero attached hydrogens (tertiary/aromatic N) is 1. The lowest BCUT2D eigenvalue weighted by Gasteiger charge is -2.17. The molecular formula is C23H22N2O3S. The summed E-state index contributed by atoms with van der Waals surface area (Å²) >= 11 is 1.44. The Morgan fingerprint density at radius 2 is 1.97 bits per heavy atom. The van der Waals surface area contributed by atoms with Gasteiger partial charge in [0, 0.05) is 17.9 Å². The highest BCUT2D eigenvalue weighted by Crippen LogP contribution is 2.32. The molecule has 2 aromatic carbocycles. The van der Waals surface area contributed by atoms with Crippen molar-refractivity contribution in [3.8, 4) is 5.75 Å². The first kappa shape index (κ1) is 19.2. The minimum Gasteiger partial charge on any atom is -0.494 e. The van der Waals surface area contributed by atoms with Gasteiger partial charge in [-0.15, -0.1) is 11.3 Å². The van der Waals surface area contributed by atoms with Gasteiger partial charge in [-0.3, -0.25) is 9.59 Å². The van der Waals surface area contributed by atoms with E-state index in [1.165, 1.54) is 11.3 Å². The molecule has 148 valence electrons. The monoisotopic (exact) mass is 406 g/mol. The second-order valence-electron chi connectivity index (χ2n) is 6.83. The lowest BCUT2D eigenvalue weighted by atomic mass is 10.1. The quantitative estimate of drug-likeness (QED) is 0.654. The van der Waals surface area contributed by atoms with E-state index in [2.05, 4.69) is 5.32 Å². The second kappa shape index (κ2) is 8.49. The van der Waals surface area contributed by atoms with Gasteiger partial charge < -0.3 is 15.0 Å². The molecule has 2 heterocycles. The summed E-state index contributed by atoms with van der Waals surface area (Å²) in [5.74, 6) is 0.714. The molecule has 0 spiro atoms. The van der Waals surface area contributed by atoms with Crippen LogP contribution in [-0.4, -0.2) is 25.0 Å². The third-order valence-electron chi connectivity index (χ3n) is 4.84. The Labute approximate surface area is 173 Å². The van der Waals surface area contributed by atoms with E-state index in [-0.39, 0.29) is 18.2 Å². The molecule has 29 heavy (non-hydrogen) atoms. The zero-order valence-corrected chi connectivity index (χ0v) is 17.0. The Hall–Kier alpha value is -3.12. The van der Waals surface area contributed by atoms with Crippen LogP contribution in [0, 0.1) is 0 Å². The number of nitrogens with one attached hydrogen (secondary N) is 1. The summed E-state index contributed by atoms with van der Waals surface area (Å²) in [6, 6.07) is 17.0. The third-order valence-corrected chi connectivity index (χ3v) is 5.70. The van der Waals surface area contributed by atoms with Crippen LogP contribution in [0.2, 0.25) is 0 Å². The molecule has 6 heteroatoms. The number of fused-ring (bicyclic) bond motifs is 1. The summed E-state index contributed by atoms with van der Waals surface area (Å²) in [4.78, 5) is 27.8. The SMILES string of the molecule is CCOc1ccc(CC(=O)Nc2ccc3c(c2)N(C(=O)c2cccs2)CC3)cc1. The number of carbonyl (C=O) groups excluding carboxylic acids is 2. The average molecular weight is 407 g/mol. The van der Waals surface area contributed by atoms with Gasteiger partial charge in [0.15, 0.2) is 0 Å². The first-order chi connectivity index (χ1) is 14.1. The number of carbonyl (C=O) groups is 2. The molecule has 0 unspecified atom stereocenters. The number of anilines is 2. The Morgan fingerprint density at radius 3 is 2.69 bits per heavy atom. The fourth-order valence-electron chi connectivity index (χ4n) is 3.46. The number of ether oxygens (including phenoxy) is 1. The lowest BCUT2D eigenvalue weighted by molar-refractivity contribution is -0.115. The van der Waals surface area contributed by atoms with E-state index in [0.717, 1.165) is 33.9 Å². The van der Waals surface area contributed by atoms with E-state index in [1.807, 2.05) is 66.9 Å². The van der Waals surface area contributed by atoms with Crippen molar-refractivity contribution in [3.05, 3.63) is 76.0 Å². The summed E-state index contributed by atoms with van der Waals surface area (Å²) in [5, 5.41) is 4.85. The van der Waals surface area contributed by atoms with Crippen molar-refractivity contribution in [1.29, 1.82) is 0 Å². The van der Waals surface area contributed by atoms with Crippen LogP contribution in [0.15, 0.2) is 60.0 Å². The summed E-state index contributed by atoms with van der Waals surface area (Å²) in [6.07, 6.45) is 1.11. The van der Waals surface area contributed by atoms with Gasteiger partial charge in [-0.2, -0.15) is 0 Å². The number of benzene rings is 2. The predicted octanol–water partition coefficient (Wildman–Crippen LogP) is 4.53. The van der Waals surface area contributed by atoms with E-state index in [1.54, 1.807) is 4.90 Å². The van der Waals surface area contributed by atoms with Crippen molar-refractivity contribution >= 4 is 34.5 Å². The summed E-state index contributed by atoms with van der Waals surface area (Å²) in [5.41, 5.74) is 3.62. The van der Waals surface area contributed by atoms with Gasteiger partial charge in [0.1, 0.15) is 5.75 Å². The van der Waals surface area contributed by atoms with Gasteiger partial charge in [-0.05, 0) is 60.2 Å². The maximum atomic E-state index is 12.8. The number of rotatable bonds is 6. The largest absolute Gasteiger partial charge is 0.494 e. The van der Waals surface area contributed by atoms with Gasteiger partial charge in [0.2, 0.25) is 5.91 Å². The molecule has 0 saturated carbocycles. The summed E-state index contributed by atoms with van der Waals surface area (Å²) in [7, 11) is 0. The first-order valence-electron chi connectivity index (χ1n) is 9.64. The zero-order valence-electron chi connectivity index (χ0n) is 16.2. The minimum atomic E-state index is -0.0942. The van der Waals surface area contributed by atoms with E-state index in [4.69, 9.17) is 4.74 Å². The number of hydrogen-bond acceptors (Lipinski definition) is 4. The molecular weight excluding hydrogens is 384 g/mol. The van der Waals surface area contributed by atoms with Crippen molar-refractivity contribution in [2.24, 2.45) is 0 Å². The van der Waals surface area contributed by atoms with Gasteiger partial charge in [0.05, 0.1) is 17.9 Å². The summed E-state index contributed by atoms with van der Waals surface area (Å²) in [6.45, 7) is 3.22. The Bertz CT molecular complexity index is 1010. The number of hydrogen-bond donors (Lipinski definition) is 1. The molecule has 0 aliphatic carbocycles. The molecule has 0 fully saturated rings. The fourth-order valence-corrected chi connectivity index (χ4v) is 4.13. The molecule has 0 saturated heterocycles. The topological polar surface area (TPSA) is 58.6 Å². The van der Waals surface area contributed by atoms with Crippen molar-refractivity contribution < 1.29 is 14.3 Å². The van der Waals surface area contributed by atoms with Gasteiger partial charge in [-0.25, -0.2) is 0 Å². The van der Waals surface area contributed by atoms with Crippen LogP contribution in [0.5, 0.6) is 5.75 Å². The summed E-state index contributed by atoms with van der Waals surface area (Å²) < 4.78 is 5.43. The van der Waals surface area contributed by atoms with Crippen LogP contribution in [0.25, 0.3) is 0 Å². The van der Waals surface area contributed by atoms with E-state index in [9.17, 15) is 9.59 Å². The van der Waals surface area contributed by atoms with Crippen LogP contribution >= 0.6 is 11.3 Å². The molecule has 0 atom stereocenters. The van der Waals surface area contributed by atoms with Gasteiger partial charge >= 0.3 is 0 Å². The Kier molecular flexibility index (Phi) is 5.62. The molecule has 4 rings (SSSR count). The Balaban J connectivity index is 1.44. The van der Waals surface area contributed by atoms with Crippen LogP contribution in [0.4, 0.5) is 11.4 Å². The molecule has 2 amide bonds. The highest BCUT2D eigenvalue weighted by atomic mass is 32.1. The highest BCUT2D eigenvalue weighted by Gasteiger charge is 2.26. The first-order valence-corrected chi connectivity index (χ1v) is 10.5. The van der Waals surface area contributed by atoms with Crippen LogP contribution in [-0.2, 0) is 17.6 Å². The van der Waals surface area contributed by atoms with Crippen LogP contribution in [0.3, 0.4) is 0 Å². The molecule has 1 aromatic heterocycles. The smallest absolute Gasteiger partial charge is 0.268 e. The molecule has 3 aromatic rings. The molecule has 1 aliphatic heterocycles. The van der Waals surface area contributed by atoms with Crippen molar-refractivity contribution in [3.63, 3.8) is 0 Å².